The maximum absolute atomic E-state index is 12.4. The number of hydrogen-bond donors (Lipinski definition) is 1. The SMILES string of the molecule is CC1(C)NC(=O)N(CCCC(=O)N2CCc3ccccc32)C1=O. The molecule has 1 fully saturated rings. The van der Waals surface area contributed by atoms with E-state index in [0.717, 1.165) is 12.1 Å². The Morgan fingerprint density at radius 3 is 2.70 bits per heavy atom. The van der Waals surface area contributed by atoms with Crippen LogP contribution < -0.4 is 10.2 Å². The zero-order chi connectivity index (χ0) is 16.6. The highest BCUT2D eigenvalue weighted by atomic mass is 16.2. The molecule has 1 N–H and O–H groups in total. The molecule has 0 radical (unpaired) electrons. The molecule has 0 aliphatic carbocycles. The standard InChI is InChI=1S/C17H21N3O3/c1-17(2)15(22)20(16(23)18-17)10-5-8-14(21)19-11-9-12-6-3-4-7-13(12)19/h3-4,6-7H,5,8-11H2,1-2H3,(H,18,23). The van der Waals surface area contributed by atoms with Gasteiger partial charge < -0.3 is 10.2 Å². The largest absolute Gasteiger partial charge is 0.325 e. The number of hydrogen-bond acceptors (Lipinski definition) is 3. The highest BCUT2D eigenvalue weighted by Crippen LogP contribution is 2.28. The molecule has 0 bridgehead atoms. The molecule has 23 heavy (non-hydrogen) atoms. The average molecular weight is 315 g/mol. The van der Waals surface area contributed by atoms with Crippen LogP contribution in [0.15, 0.2) is 24.3 Å². The topological polar surface area (TPSA) is 69.7 Å². The van der Waals surface area contributed by atoms with Crippen LogP contribution >= 0.6 is 0 Å². The second-order valence-electron chi connectivity index (χ2n) is 6.54. The van der Waals surface area contributed by atoms with Crippen molar-refractivity contribution in [1.82, 2.24) is 10.2 Å². The minimum atomic E-state index is -0.852. The van der Waals surface area contributed by atoms with Crippen LogP contribution in [0.5, 0.6) is 0 Å². The maximum Gasteiger partial charge on any atom is 0.325 e. The molecule has 0 saturated carbocycles. The molecule has 0 unspecified atom stereocenters. The summed E-state index contributed by atoms with van der Waals surface area (Å²) < 4.78 is 0. The van der Waals surface area contributed by atoms with Crippen molar-refractivity contribution >= 4 is 23.5 Å². The predicted octanol–water partition coefficient (Wildman–Crippen LogP) is 1.69. The molecule has 6 heteroatoms. The van der Waals surface area contributed by atoms with Crippen molar-refractivity contribution in [1.29, 1.82) is 0 Å². The summed E-state index contributed by atoms with van der Waals surface area (Å²) in [4.78, 5) is 39.3. The van der Waals surface area contributed by atoms with Crippen LogP contribution in [0.3, 0.4) is 0 Å². The van der Waals surface area contributed by atoms with Gasteiger partial charge in [-0.05, 0) is 38.3 Å². The number of para-hydroxylation sites is 1. The summed E-state index contributed by atoms with van der Waals surface area (Å²) >= 11 is 0. The summed E-state index contributed by atoms with van der Waals surface area (Å²) in [6.07, 6.45) is 1.68. The molecule has 1 aromatic rings. The third-order valence-corrected chi connectivity index (χ3v) is 4.40. The van der Waals surface area contributed by atoms with Crippen LogP contribution in [-0.4, -0.2) is 41.4 Å². The van der Waals surface area contributed by atoms with Gasteiger partial charge in [0.15, 0.2) is 0 Å². The zero-order valence-electron chi connectivity index (χ0n) is 13.5. The van der Waals surface area contributed by atoms with Gasteiger partial charge in [0.05, 0.1) is 0 Å². The number of rotatable bonds is 4. The van der Waals surface area contributed by atoms with Crippen molar-refractivity contribution in [3.05, 3.63) is 29.8 Å². The highest BCUT2D eigenvalue weighted by Gasteiger charge is 2.43. The molecule has 1 saturated heterocycles. The van der Waals surface area contributed by atoms with E-state index in [1.807, 2.05) is 24.3 Å². The summed E-state index contributed by atoms with van der Waals surface area (Å²) in [5.41, 5.74) is 1.32. The molecule has 2 aliphatic heterocycles. The number of nitrogens with one attached hydrogen (secondary N) is 1. The predicted molar refractivity (Wildman–Crippen MR) is 86.1 cm³/mol. The van der Waals surface area contributed by atoms with E-state index in [0.29, 0.717) is 19.4 Å². The summed E-state index contributed by atoms with van der Waals surface area (Å²) in [5.74, 6) is -0.192. The molecule has 4 amide bonds. The van der Waals surface area contributed by atoms with Crippen molar-refractivity contribution in [2.45, 2.75) is 38.6 Å². The Morgan fingerprint density at radius 1 is 1.26 bits per heavy atom. The number of imide groups is 1. The molecule has 0 aromatic heterocycles. The van der Waals surface area contributed by atoms with Gasteiger partial charge in [0.1, 0.15) is 5.54 Å². The number of anilines is 1. The Hall–Kier alpha value is -2.37. The van der Waals surface area contributed by atoms with Crippen molar-refractivity contribution in [3.63, 3.8) is 0 Å². The van der Waals surface area contributed by atoms with Crippen LogP contribution in [0.2, 0.25) is 0 Å². The molecule has 122 valence electrons. The Kier molecular flexibility index (Phi) is 3.83. The summed E-state index contributed by atoms with van der Waals surface area (Å²) in [7, 11) is 0. The number of benzene rings is 1. The normalized spacial score (nSPS) is 19.0. The van der Waals surface area contributed by atoms with Crippen molar-refractivity contribution in [3.8, 4) is 0 Å². The monoisotopic (exact) mass is 315 g/mol. The quantitative estimate of drug-likeness (QED) is 0.860. The fourth-order valence-corrected chi connectivity index (χ4v) is 3.14. The first-order chi connectivity index (χ1) is 10.9. The number of amides is 4. The molecular formula is C17H21N3O3. The second kappa shape index (κ2) is 5.68. The van der Waals surface area contributed by atoms with Gasteiger partial charge in [-0.3, -0.25) is 14.5 Å². The zero-order valence-corrected chi connectivity index (χ0v) is 13.5. The molecule has 0 spiro atoms. The first-order valence-electron chi connectivity index (χ1n) is 7.92. The Morgan fingerprint density at radius 2 is 2.00 bits per heavy atom. The lowest BCUT2D eigenvalue weighted by Gasteiger charge is -2.19. The number of urea groups is 1. The van der Waals surface area contributed by atoms with Gasteiger partial charge in [-0.25, -0.2) is 4.79 Å². The number of carbonyl (C=O) groups is 3. The Bertz CT molecular complexity index is 669. The van der Waals surface area contributed by atoms with Crippen molar-refractivity contribution < 1.29 is 14.4 Å². The van der Waals surface area contributed by atoms with Gasteiger partial charge in [-0.15, -0.1) is 0 Å². The molecular weight excluding hydrogens is 294 g/mol. The van der Waals surface area contributed by atoms with Gasteiger partial charge in [0.2, 0.25) is 5.91 Å². The molecule has 2 heterocycles. The fraction of sp³-hybridized carbons (Fsp3) is 0.471. The van der Waals surface area contributed by atoms with Gasteiger partial charge in [0.25, 0.3) is 5.91 Å². The van der Waals surface area contributed by atoms with Gasteiger partial charge >= 0.3 is 6.03 Å². The van der Waals surface area contributed by atoms with Crippen LogP contribution in [0.25, 0.3) is 0 Å². The summed E-state index contributed by atoms with van der Waals surface area (Å²) in [6, 6.07) is 7.53. The third-order valence-electron chi connectivity index (χ3n) is 4.40. The molecule has 6 nitrogen and oxygen atoms in total. The molecule has 0 atom stereocenters. The minimum Gasteiger partial charge on any atom is -0.324 e. The van der Waals surface area contributed by atoms with Gasteiger partial charge in [0, 0.05) is 25.2 Å². The first-order valence-corrected chi connectivity index (χ1v) is 7.92. The van der Waals surface area contributed by atoms with Crippen molar-refractivity contribution in [2.75, 3.05) is 18.0 Å². The van der Waals surface area contributed by atoms with E-state index in [4.69, 9.17) is 0 Å². The van der Waals surface area contributed by atoms with E-state index in [1.54, 1.807) is 18.7 Å². The summed E-state index contributed by atoms with van der Waals surface area (Å²) in [6.45, 7) is 4.34. The Labute approximate surface area is 135 Å². The fourth-order valence-electron chi connectivity index (χ4n) is 3.14. The lowest BCUT2D eigenvalue weighted by molar-refractivity contribution is -0.130. The summed E-state index contributed by atoms with van der Waals surface area (Å²) in [5, 5.41) is 2.64. The minimum absolute atomic E-state index is 0.0428. The molecule has 2 aliphatic rings. The number of fused-ring (bicyclic) bond motifs is 1. The second-order valence-corrected chi connectivity index (χ2v) is 6.54. The van der Waals surface area contributed by atoms with Gasteiger partial charge in [-0.2, -0.15) is 0 Å². The van der Waals surface area contributed by atoms with Gasteiger partial charge in [-0.1, -0.05) is 18.2 Å². The van der Waals surface area contributed by atoms with E-state index >= 15 is 0 Å². The van der Waals surface area contributed by atoms with Crippen LogP contribution in [0.1, 0.15) is 32.3 Å². The Balaban J connectivity index is 1.55. The molecule has 1 aromatic carbocycles. The average Bonchev–Trinajstić information content (AvgIpc) is 3.01. The third kappa shape index (κ3) is 2.81. The van der Waals surface area contributed by atoms with E-state index in [2.05, 4.69) is 5.32 Å². The highest BCUT2D eigenvalue weighted by molar-refractivity contribution is 6.06. The maximum atomic E-state index is 12.4. The van der Waals surface area contributed by atoms with E-state index in [-0.39, 0.29) is 24.4 Å². The van der Waals surface area contributed by atoms with E-state index in [1.165, 1.54) is 10.5 Å². The lowest BCUT2D eigenvalue weighted by Crippen LogP contribution is -2.40. The molecule has 3 rings (SSSR count). The van der Waals surface area contributed by atoms with Crippen LogP contribution in [0, 0.1) is 0 Å². The lowest BCUT2D eigenvalue weighted by atomic mass is 10.1. The van der Waals surface area contributed by atoms with Crippen LogP contribution in [-0.2, 0) is 16.0 Å². The van der Waals surface area contributed by atoms with Crippen molar-refractivity contribution in [2.24, 2.45) is 0 Å². The van der Waals surface area contributed by atoms with E-state index < -0.39 is 5.54 Å². The first kappa shape index (κ1) is 15.5. The number of nitrogens with zero attached hydrogens (tertiary/aromatic N) is 2. The van der Waals surface area contributed by atoms with Crippen LogP contribution in [0.4, 0.5) is 10.5 Å². The van der Waals surface area contributed by atoms with E-state index in [9.17, 15) is 14.4 Å². The number of carbonyl (C=O) groups excluding carboxylic acids is 3. The smallest absolute Gasteiger partial charge is 0.324 e.